The van der Waals surface area contributed by atoms with Gasteiger partial charge in [0.05, 0.1) is 0 Å². The fourth-order valence-corrected chi connectivity index (χ4v) is 4.00. The first-order valence-corrected chi connectivity index (χ1v) is 7.47. The van der Waals surface area contributed by atoms with Gasteiger partial charge in [-0.05, 0) is 58.1 Å². The average molecular weight is 249 g/mol. The van der Waals surface area contributed by atoms with Crippen molar-refractivity contribution >= 4 is 0 Å². The summed E-state index contributed by atoms with van der Waals surface area (Å²) in [5, 5.41) is 0. The van der Waals surface area contributed by atoms with Crippen LogP contribution in [0.15, 0.2) is 12.8 Å². The topological polar surface area (TPSA) is 9.72 Å². The molecule has 0 unspecified atom stereocenters. The van der Waals surface area contributed by atoms with Gasteiger partial charge in [-0.15, -0.1) is 0 Å². The van der Waals surface area contributed by atoms with Crippen LogP contribution >= 0.6 is 0 Å². The lowest BCUT2D eigenvalue weighted by molar-refractivity contribution is 0.0458. The van der Waals surface area contributed by atoms with Crippen molar-refractivity contribution in [3.05, 3.63) is 12.8 Å². The Morgan fingerprint density at radius 1 is 1.17 bits per heavy atom. The van der Waals surface area contributed by atoms with Gasteiger partial charge in [-0.25, -0.2) is 0 Å². The predicted octanol–water partition coefficient (Wildman–Crippen LogP) is 1.48. The molecule has 0 aliphatic carbocycles. The minimum Gasteiger partial charge on any atom is -0.377 e. The number of nitrogens with zero attached hydrogens (tertiary/aromatic N) is 3. The highest BCUT2D eigenvalue weighted by Crippen LogP contribution is 2.40. The molecule has 0 bridgehead atoms. The van der Waals surface area contributed by atoms with Crippen LogP contribution in [0.3, 0.4) is 0 Å². The molecule has 0 atom stereocenters. The van der Waals surface area contributed by atoms with Crippen molar-refractivity contribution in [2.75, 3.05) is 52.9 Å². The smallest absolute Gasteiger partial charge is 0.0258 e. The van der Waals surface area contributed by atoms with Crippen LogP contribution < -0.4 is 0 Å². The molecule has 3 fully saturated rings. The number of piperidine rings is 1. The monoisotopic (exact) mass is 249 g/mol. The van der Waals surface area contributed by atoms with E-state index in [1.165, 1.54) is 65.1 Å². The molecule has 0 N–H and O–H groups in total. The van der Waals surface area contributed by atoms with Crippen LogP contribution in [0.5, 0.6) is 0 Å². The zero-order valence-electron chi connectivity index (χ0n) is 11.8. The molecule has 0 aromatic heterocycles. The fourth-order valence-electron chi connectivity index (χ4n) is 4.00. The molecular weight excluding hydrogens is 222 g/mol. The molecule has 0 aromatic rings. The van der Waals surface area contributed by atoms with Gasteiger partial charge in [-0.1, -0.05) is 6.58 Å². The maximum absolute atomic E-state index is 3.86. The van der Waals surface area contributed by atoms with Crippen LogP contribution in [-0.4, -0.2) is 67.6 Å². The summed E-state index contributed by atoms with van der Waals surface area (Å²) in [5.41, 5.74) is 0.625. The lowest BCUT2D eigenvalue weighted by Crippen LogP contribution is -2.55. The Balaban J connectivity index is 1.44. The molecule has 3 aliphatic rings. The van der Waals surface area contributed by atoms with Gasteiger partial charge < -0.3 is 14.7 Å². The summed E-state index contributed by atoms with van der Waals surface area (Å²) in [6.07, 6.45) is 6.21. The van der Waals surface area contributed by atoms with Gasteiger partial charge in [0, 0.05) is 31.6 Å². The molecule has 0 radical (unpaired) electrons. The summed E-state index contributed by atoms with van der Waals surface area (Å²) in [5.74, 6) is 0.951. The SMILES string of the molecule is C=CN1CC2(CCN(CC3CCN(C)CC3)C2)C1. The molecular formula is C15H27N3. The third-order valence-electron chi connectivity index (χ3n) is 5.21. The second kappa shape index (κ2) is 4.86. The average Bonchev–Trinajstić information content (AvgIpc) is 2.74. The van der Waals surface area contributed by atoms with E-state index in [0.29, 0.717) is 5.41 Å². The normalized spacial score (nSPS) is 29.7. The first-order valence-electron chi connectivity index (χ1n) is 7.47. The van der Waals surface area contributed by atoms with Crippen molar-refractivity contribution in [3.63, 3.8) is 0 Å². The van der Waals surface area contributed by atoms with E-state index < -0.39 is 0 Å². The fraction of sp³-hybridized carbons (Fsp3) is 0.867. The van der Waals surface area contributed by atoms with E-state index in [-0.39, 0.29) is 0 Å². The van der Waals surface area contributed by atoms with E-state index in [2.05, 4.69) is 28.3 Å². The first kappa shape index (κ1) is 12.5. The third kappa shape index (κ3) is 2.43. The lowest BCUT2D eigenvalue weighted by Gasteiger charge is -2.48. The molecule has 0 amide bonds. The summed E-state index contributed by atoms with van der Waals surface area (Å²) in [4.78, 5) is 7.56. The molecule has 3 rings (SSSR count). The van der Waals surface area contributed by atoms with Crippen LogP contribution in [0, 0.1) is 11.3 Å². The molecule has 1 spiro atoms. The standard InChI is InChI=1S/C15H27N3/c1-3-17-11-15(12-17)6-9-18(13-15)10-14-4-7-16(2)8-5-14/h3,14H,1,4-13H2,2H3. The molecule has 102 valence electrons. The quantitative estimate of drug-likeness (QED) is 0.750. The Morgan fingerprint density at radius 3 is 2.56 bits per heavy atom. The second-order valence-electron chi connectivity index (χ2n) is 6.82. The van der Waals surface area contributed by atoms with E-state index >= 15 is 0 Å². The minimum absolute atomic E-state index is 0.625. The molecule has 0 saturated carbocycles. The van der Waals surface area contributed by atoms with Crippen molar-refractivity contribution in [2.45, 2.75) is 19.3 Å². The number of hydrogen-bond acceptors (Lipinski definition) is 3. The highest BCUT2D eigenvalue weighted by atomic mass is 15.3. The lowest BCUT2D eigenvalue weighted by atomic mass is 9.79. The van der Waals surface area contributed by atoms with Gasteiger partial charge in [0.15, 0.2) is 0 Å². The zero-order valence-corrected chi connectivity index (χ0v) is 11.8. The maximum atomic E-state index is 3.86. The second-order valence-corrected chi connectivity index (χ2v) is 6.82. The van der Waals surface area contributed by atoms with Crippen LogP contribution in [0.1, 0.15) is 19.3 Å². The molecule has 3 heterocycles. The predicted molar refractivity (Wildman–Crippen MR) is 75.5 cm³/mol. The van der Waals surface area contributed by atoms with E-state index in [1.54, 1.807) is 0 Å². The van der Waals surface area contributed by atoms with Crippen LogP contribution in [0.25, 0.3) is 0 Å². The van der Waals surface area contributed by atoms with Crippen LogP contribution in [0.4, 0.5) is 0 Å². The van der Waals surface area contributed by atoms with E-state index in [1.807, 2.05) is 6.20 Å². The largest absolute Gasteiger partial charge is 0.377 e. The van der Waals surface area contributed by atoms with Crippen LogP contribution in [0.2, 0.25) is 0 Å². The van der Waals surface area contributed by atoms with E-state index in [9.17, 15) is 0 Å². The Labute approximate surface area is 111 Å². The summed E-state index contributed by atoms with van der Waals surface area (Å²) >= 11 is 0. The summed E-state index contributed by atoms with van der Waals surface area (Å²) in [6.45, 7) is 13.0. The number of hydrogen-bond donors (Lipinski definition) is 0. The van der Waals surface area contributed by atoms with E-state index in [0.717, 1.165) is 5.92 Å². The molecule has 3 heteroatoms. The molecule has 3 saturated heterocycles. The Bertz CT molecular complexity index is 301. The Morgan fingerprint density at radius 2 is 1.89 bits per heavy atom. The molecule has 3 nitrogen and oxygen atoms in total. The van der Waals surface area contributed by atoms with Crippen molar-refractivity contribution < 1.29 is 0 Å². The number of likely N-dealkylation sites (tertiary alicyclic amines) is 3. The van der Waals surface area contributed by atoms with Gasteiger partial charge in [-0.2, -0.15) is 0 Å². The summed E-state index contributed by atoms with van der Waals surface area (Å²) in [6, 6.07) is 0. The molecule has 3 aliphatic heterocycles. The maximum Gasteiger partial charge on any atom is 0.0258 e. The van der Waals surface area contributed by atoms with Crippen LogP contribution in [-0.2, 0) is 0 Å². The first-order chi connectivity index (χ1) is 8.69. The van der Waals surface area contributed by atoms with Crippen molar-refractivity contribution in [3.8, 4) is 0 Å². The van der Waals surface area contributed by atoms with Gasteiger partial charge in [-0.3, -0.25) is 0 Å². The van der Waals surface area contributed by atoms with E-state index in [4.69, 9.17) is 0 Å². The highest BCUT2D eigenvalue weighted by molar-refractivity contribution is 5.03. The van der Waals surface area contributed by atoms with Crippen molar-refractivity contribution in [1.82, 2.24) is 14.7 Å². The number of rotatable bonds is 3. The Kier molecular flexibility index (Phi) is 3.37. The Hall–Kier alpha value is -0.540. The third-order valence-corrected chi connectivity index (χ3v) is 5.21. The van der Waals surface area contributed by atoms with Crippen molar-refractivity contribution in [1.29, 1.82) is 0 Å². The zero-order chi connectivity index (χ0) is 12.6. The molecule has 18 heavy (non-hydrogen) atoms. The molecule has 0 aromatic carbocycles. The highest BCUT2D eigenvalue weighted by Gasteiger charge is 2.46. The van der Waals surface area contributed by atoms with Crippen molar-refractivity contribution in [2.24, 2.45) is 11.3 Å². The summed E-state index contributed by atoms with van der Waals surface area (Å²) in [7, 11) is 2.25. The van der Waals surface area contributed by atoms with Gasteiger partial charge >= 0.3 is 0 Å². The summed E-state index contributed by atoms with van der Waals surface area (Å²) < 4.78 is 0. The van der Waals surface area contributed by atoms with Gasteiger partial charge in [0.1, 0.15) is 0 Å². The van der Waals surface area contributed by atoms with Gasteiger partial charge in [0.25, 0.3) is 0 Å². The van der Waals surface area contributed by atoms with Gasteiger partial charge in [0.2, 0.25) is 0 Å². The minimum atomic E-state index is 0.625.